The Hall–Kier alpha value is 0.180. The zero-order chi connectivity index (χ0) is 7.23. The maximum absolute atomic E-state index is 5.22. The van der Waals surface area contributed by atoms with Gasteiger partial charge in [-0.15, -0.1) is 0 Å². The predicted molar refractivity (Wildman–Crippen MR) is 46.5 cm³/mol. The van der Waals surface area contributed by atoms with Crippen LogP contribution in [-0.4, -0.2) is 18.5 Å². The van der Waals surface area contributed by atoms with E-state index >= 15 is 0 Å². The second kappa shape index (κ2) is 4.91. The van der Waals surface area contributed by atoms with Gasteiger partial charge in [-0.1, -0.05) is 28.1 Å². The summed E-state index contributed by atoms with van der Waals surface area (Å²) in [5, 5.41) is 1.07. The van der Waals surface area contributed by atoms with Crippen LogP contribution in [0.4, 0.5) is 0 Å². The van der Waals surface area contributed by atoms with E-state index in [9.17, 15) is 0 Å². The molecular weight excluding hydrogens is 192 g/mol. The maximum Gasteiger partial charge on any atom is 0.0529 e. The Labute approximate surface area is 70.6 Å². The van der Waals surface area contributed by atoms with Gasteiger partial charge in [0, 0.05) is 17.9 Å². The highest BCUT2D eigenvalue weighted by atomic mass is 79.9. The van der Waals surface area contributed by atoms with Gasteiger partial charge in [0.2, 0.25) is 0 Å². The highest BCUT2D eigenvalue weighted by Crippen LogP contribution is 2.13. The Morgan fingerprint density at radius 2 is 2.50 bits per heavy atom. The quantitative estimate of drug-likeness (QED) is 0.507. The standard InChI is InChI=1S/C8H13BrO/c9-5-2-1-3-8-4-6-10-7-8/h1,3,8H,2,4-7H2. The Balaban J connectivity index is 2.10. The van der Waals surface area contributed by atoms with Gasteiger partial charge in [0.15, 0.2) is 0 Å². The zero-order valence-corrected chi connectivity index (χ0v) is 7.64. The van der Waals surface area contributed by atoms with E-state index in [0.29, 0.717) is 5.92 Å². The average Bonchev–Trinajstić information content (AvgIpc) is 2.41. The molecule has 0 bridgehead atoms. The van der Waals surface area contributed by atoms with Crippen molar-refractivity contribution in [2.45, 2.75) is 12.8 Å². The number of halogens is 1. The molecule has 1 atom stereocenters. The summed E-state index contributed by atoms with van der Waals surface area (Å²) < 4.78 is 5.22. The first-order chi connectivity index (χ1) is 4.93. The van der Waals surface area contributed by atoms with Crippen LogP contribution < -0.4 is 0 Å². The first-order valence-corrected chi connectivity index (χ1v) is 4.86. The zero-order valence-electron chi connectivity index (χ0n) is 6.05. The van der Waals surface area contributed by atoms with Crippen molar-refractivity contribution in [2.75, 3.05) is 18.5 Å². The van der Waals surface area contributed by atoms with Crippen molar-refractivity contribution >= 4 is 15.9 Å². The molecule has 0 aromatic carbocycles. The molecule has 0 saturated carbocycles. The minimum Gasteiger partial charge on any atom is -0.381 e. The minimum absolute atomic E-state index is 0.694. The molecule has 1 nitrogen and oxygen atoms in total. The van der Waals surface area contributed by atoms with Gasteiger partial charge in [-0.25, -0.2) is 0 Å². The summed E-state index contributed by atoms with van der Waals surface area (Å²) in [5.41, 5.74) is 0. The fourth-order valence-corrected chi connectivity index (χ4v) is 1.32. The summed E-state index contributed by atoms with van der Waals surface area (Å²) in [7, 11) is 0. The van der Waals surface area contributed by atoms with E-state index in [0.717, 1.165) is 25.0 Å². The fourth-order valence-electron chi connectivity index (χ4n) is 1.06. The molecule has 0 N–H and O–H groups in total. The van der Waals surface area contributed by atoms with Crippen LogP contribution in [0.15, 0.2) is 12.2 Å². The van der Waals surface area contributed by atoms with E-state index in [1.165, 1.54) is 6.42 Å². The van der Waals surface area contributed by atoms with Crippen molar-refractivity contribution in [3.63, 3.8) is 0 Å². The summed E-state index contributed by atoms with van der Waals surface area (Å²) in [4.78, 5) is 0. The highest BCUT2D eigenvalue weighted by Gasteiger charge is 2.10. The SMILES string of the molecule is BrCCC=CC1CCOC1. The van der Waals surface area contributed by atoms with Crippen LogP contribution in [0.25, 0.3) is 0 Å². The first kappa shape index (κ1) is 8.28. The van der Waals surface area contributed by atoms with Crippen LogP contribution >= 0.6 is 15.9 Å². The molecule has 1 aliphatic heterocycles. The third-order valence-electron chi connectivity index (χ3n) is 1.65. The van der Waals surface area contributed by atoms with Gasteiger partial charge in [-0.05, 0) is 12.8 Å². The van der Waals surface area contributed by atoms with E-state index in [1.807, 2.05) is 0 Å². The lowest BCUT2D eigenvalue weighted by atomic mass is 10.1. The molecular formula is C8H13BrO. The largest absolute Gasteiger partial charge is 0.381 e. The summed E-state index contributed by atoms with van der Waals surface area (Å²) in [5.74, 6) is 0.694. The van der Waals surface area contributed by atoms with Gasteiger partial charge in [0.25, 0.3) is 0 Å². The van der Waals surface area contributed by atoms with Gasteiger partial charge in [0.05, 0.1) is 6.61 Å². The van der Waals surface area contributed by atoms with Crippen LogP contribution in [-0.2, 0) is 4.74 Å². The summed E-state index contributed by atoms with van der Waals surface area (Å²) >= 11 is 3.38. The van der Waals surface area contributed by atoms with E-state index in [2.05, 4.69) is 28.1 Å². The lowest BCUT2D eigenvalue weighted by molar-refractivity contribution is 0.191. The average molecular weight is 205 g/mol. The molecule has 58 valence electrons. The van der Waals surface area contributed by atoms with Gasteiger partial charge in [-0.2, -0.15) is 0 Å². The Morgan fingerprint density at radius 3 is 3.10 bits per heavy atom. The number of hydrogen-bond donors (Lipinski definition) is 0. The van der Waals surface area contributed by atoms with E-state index in [4.69, 9.17) is 4.74 Å². The van der Waals surface area contributed by atoms with Crippen molar-refractivity contribution in [3.8, 4) is 0 Å². The van der Waals surface area contributed by atoms with Crippen molar-refractivity contribution in [1.82, 2.24) is 0 Å². The smallest absolute Gasteiger partial charge is 0.0529 e. The minimum atomic E-state index is 0.694. The second-order valence-corrected chi connectivity index (χ2v) is 3.32. The van der Waals surface area contributed by atoms with Gasteiger partial charge in [0.1, 0.15) is 0 Å². The molecule has 0 amide bonds. The highest BCUT2D eigenvalue weighted by molar-refractivity contribution is 9.09. The number of alkyl halides is 1. The Morgan fingerprint density at radius 1 is 1.60 bits per heavy atom. The lowest BCUT2D eigenvalue weighted by Gasteiger charge is -1.96. The van der Waals surface area contributed by atoms with Gasteiger partial charge < -0.3 is 4.74 Å². The van der Waals surface area contributed by atoms with Crippen LogP contribution in [0.3, 0.4) is 0 Å². The predicted octanol–water partition coefficient (Wildman–Crippen LogP) is 2.36. The number of ether oxygens (including phenoxy) is 1. The molecule has 1 aliphatic rings. The molecule has 1 heterocycles. The maximum atomic E-state index is 5.22. The molecule has 0 radical (unpaired) electrons. The van der Waals surface area contributed by atoms with Crippen molar-refractivity contribution in [3.05, 3.63) is 12.2 Å². The topological polar surface area (TPSA) is 9.23 Å². The van der Waals surface area contributed by atoms with Gasteiger partial charge >= 0.3 is 0 Å². The van der Waals surface area contributed by atoms with E-state index < -0.39 is 0 Å². The van der Waals surface area contributed by atoms with Crippen LogP contribution in [0.5, 0.6) is 0 Å². The molecule has 0 aliphatic carbocycles. The number of hydrogen-bond acceptors (Lipinski definition) is 1. The van der Waals surface area contributed by atoms with Gasteiger partial charge in [-0.3, -0.25) is 0 Å². The number of rotatable bonds is 3. The summed E-state index contributed by atoms with van der Waals surface area (Å²) in [6.07, 6.45) is 6.84. The normalized spacial score (nSPS) is 26.3. The third kappa shape index (κ3) is 2.84. The molecule has 0 aromatic rings. The number of allylic oxidation sites excluding steroid dienone is 1. The van der Waals surface area contributed by atoms with E-state index in [1.54, 1.807) is 0 Å². The molecule has 1 rings (SSSR count). The summed E-state index contributed by atoms with van der Waals surface area (Å²) in [6.45, 7) is 1.88. The monoisotopic (exact) mass is 204 g/mol. The molecule has 2 heteroatoms. The fraction of sp³-hybridized carbons (Fsp3) is 0.750. The second-order valence-electron chi connectivity index (χ2n) is 2.53. The van der Waals surface area contributed by atoms with Crippen LogP contribution in [0, 0.1) is 5.92 Å². The Bertz CT molecular complexity index is 106. The van der Waals surface area contributed by atoms with Crippen LogP contribution in [0.1, 0.15) is 12.8 Å². The Kier molecular flexibility index (Phi) is 4.07. The van der Waals surface area contributed by atoms with Crippen molar-refractivity contribution in [1.29, 1.82) is 0 Å². The van der Waals surface area contributed by atoms with E-state index in [-0.39, 0.29) is 0 Å². The lowest BCUT2D eigenvalue weighted by Crippen LogP contribution is -1.92. The molecule has 0 aromatic heterocycles. The van der Waals surface area contributed by atoms with Crippen molar-refractivity contribution < 1.29 is 4.74 Å². The van der Waals surface area contributed by atoms with Crippen molar-refractivity contribution in [2.24, 2.45) is 5.92 Å². The van der Waals surface area contributed by atoms with Crippen LogP contribution in [0.2, 0.25) is 0 Å². The first-order valence-electron chi connectivity index (χ1n) is 3.74. The molecule has 10 heavy (non-hydrogen) atoms. The molecule has 1 saturated heterocycles. The third-order valence-corrected chi connectivity index (χ3v) is 2.11. The molecule has 1 unspecified atom stereocenters. The molecule has 0 spiro atoms. The molecule has 1 fully saturated rings. The summed E-state index contributed by atoms with van der Waals surface area (Å²) in [6, 6.07) is 0.